The summed E-state index contributed by atoms with van der Waals surface area (Å²) in [6.45, 7) is 2.27. The smallest absolute Gasteiger partial charge is 0.0521 e. The lowest BCUT2D eigenvalue weighted by molar-refractivity contribution is 0.719. The molecule has 4 aromatic rings. The van der Waals surface area contributed by atoms with Crippen LogP contribution in [0.2, 0.25) is 0 Å². The lowest BCUT2D eigenvalue weighted by Crippen LogP contribution is -1.95. The summed E-state index contributed by atoms with van der Waals surface area (Å²) in [7, 11) is 2.19. The van der Waals surface area contributed by atoms with Crippen molar-refractivity contribution in [1.29, 1.82) is 0 Å². The minimum atomic E-state index is 1.03. The van der Waals surface area contributed by atoms with Crippen LogP contribution in [0, 0.1) is 6.07 Å². The molecule has 2 heteroatoms. The third-order valence-electron chi connectivity index (χ3n) is 5.28. The van der Waals surface area contributed by atoms with Crippen LogP contribution >= 0.6 is 15.9 Å². The molecular weight excluding hydrogens is 382 g/mol. The molecule has 0 aliphatic heterocycles. The second-order valence-corrected chi connectivity index (χ2v) is 7.75. The van der Waals surface area contributed by atoms with Crippen LogP contribution in [-0.4, -0.2) is 4.57 Å². The van der Waals surface area contributed by atoms with E-state index in [1.807, 2.05) is 6.07 Å². The predicted octanol–water partition coefficient (Wildman–Crippen LogP) is 7.29. The zero-order chi connectivity index (χ0) is 18.1. The van der Waals surface area contributed by atoms with E-state index in [9.17, 15) is 0 Å². The first-order chi connectivity index (χ1) is 12.7. The summed E-state index contributed by atoms with van der Waals surface area (Å²) in [5.74, 6) is 0. The second-order valence-electron chi connectivity index (χ2n) is 6.95. The maximum Gasteiger partial charge on any atom is 0.0521 e. The van der Waals surface area contributed by atoms with Crippen LogP contribution in [0.4, 0.5) is 0 Å². The summed E-state index contributed by atoms with van der Waals surface area (Å²) in [6.07, 6.45) is 4.91. The van der Waals surface area contributed by atoms with Gasteiger partial charge in [-0.1, -0.05) is 62.2 Å². The van der Waals surface area contributed by atoms with Gasteiger partial charge in [-0.15, -0.1) is 0 Å². The third-order valence-corrected chi connectivity index (χ3v) is 5.93. The number of hydrogen-bond donors (Lipinski definition) is 0. The van der Waals surface area contributed by atoms with Gasteiger partial charge in [0.2, 0.25) is 0 Å². The SMILES string of the molecule is CCCCCc1c(-c2ccc3c(Br)[c]ccc3c2)n(C)c2ccccc12. The Morgan fingerprint density at radius 3 is 2.69 bits per heavy atom. The summed E-state index contributed by atoms with van der Waals surface area (Å²) in [6, 6.07) is 22.9. The zero-order valence-electron chi connectivity index (χ0n) is 15.3. The van der Waals surface area contributed by atoms with Gasteiger partial charge in [0.1, 0.15) is 0 Å². The Morgan fingerprint density at radius 2 is 1.85 bits per heavy atom. The van der Waals surface area contributed by atoms with E-state index in [0.29, 0.717) is 0 Å². The first-order valence-corrected chi connectivity index (χ1v) is 10.2. The molecule has 0 spiro atoms. The molecule has 131 valence electrons. The third kappa shape index (κ3) is 2.97. The van der Waals surface area contributed by atoms with E-state index in [4.69, 9.17) is 0 Å². The first-order valence-electron chi connectivity index (χ1n) is 9.37. The monoisotopic (exact) mass is 404 g/mol. The predicted molar refractivity (Wildman–Crippen MR) is 116 cm³/mol. The first kappa shape index (κ1) is 17.4. The van der Waals surface area contributed by atoms with Crippen molar-refractivity contribution in [3.05, 3.63) is 70.7 Å². The number of nitrogens with zero attached hydrogens (tertiary/aromatic N) is 1. The maximum atomic E-state index is 3.62. The van der Waals surface area contributed by atoms with Crippen LogP contribution < -0.4 is 0 Å². The second kappa shape index (κ2) is 7.28. The molecule has 0 N–H and O–H groups in total. The van der Waals surface area contributed by atoms with Gasteiger partial charge < -0.3 is 4.57 Å². The fourth-order valence-electron chi connectivity index (χ4n) is 3.97. The highest BCUT2D eigenvalue weighted by Gasteiger charge is 2.16. The lowest BCUT2D eigenvalue weighted by Gasteiger charge is -2.10. The van der Waals surface area contributed by atoms with Crippen LogP contribution in [-0.2, 0) is 13.5 Å². The molecule has 0 saturated carbocycles. The van der Waals surface area contributed by atoms with Gasteiger partial charge in [0.05, 0.1) is 5.69 Å². The molecule has 0 aliphatic carbocycles. The van der Waals surface area contributed by atoms with Crippen molar-refractivity contribution >= 4 is 37.6 Å². The molecular formula is C24H23BrN. The quantitative estimate of drug-likeness (QED) is 0.307. The lowest BCUT2D eigenvalue weighted by atomic mass is 9.98. The molecule has 26 heavy (non-hydrogen) atoms. The number of hydrogen-bond acceptors (Lipinski definition) is 0. The number of benzene rings is 3. The van der Waals surface area contributed by atoms with E-state index < -0.39 is 0 Å². The van der Waals surface area contributed by atoms with Crippen LogP contribution in [0.15, 0.2) is 59.1 Å². The Labute approximate surface area is 163 Å². The number of fused-ring (bicyclic) bond motifs is 2. The molecule has 0 aliphatic rings. The van der Waals surface area contributed by atoms with E-state index in [1.54, 1.807) is 0 Å². The maximum absolute atomic E-state index is 3.62. The van der Waals surface area contributed by atoms with Gasteiger partial charge in [0, 0.05) is 22.4 Å². The standard InChI is InChI=1S/C24H23BrN/c1-3-4-5-11-21-20-10-6-7-13-23(20)26(2)24(21)18-14-15-19-17(16-18)9-8-12-22(19)25/h6-10,13-16H,3-5,11H2,1-2H3. The van der Waals surface area contributed by atoms with Crippen molar-refractivity contribution in [2.24, 2.45) is 7.05 Å². The van der Waals surface area contributed by atoms with Crippen LogP contribution in [0.3, 0.4) is 0 Å². The zero-order valence-corrected chi connectivity index (χ0v) is 16.9. The summed E-state index contributed by atoms with van der Waals surface area (Å²) >= 11 is 3.62. The van der Waals surface area contributed by atoms with E-state index in [1.165, 1.54) is 57.8 Å². The molecule has 0 saturated heterocycles. The van der Waals surface area contributed by atoms with Gasteiger partial charge in [0.25, 0.3) is 0 Å². The van der Waals surface area contributed by atoms with Crippen molar-refractivity contribution in [1.82, 2.24) is 4.57 Å². The summed E-state index contributed by atoms with van der Waals surface area (Å²) in [5.41, 5.74) is 5.45. The van der Waals surface area contributed by atoms with E-state index >= 15 is 0 Å². The largest absolute Gasteiger partial charge is 0.343 e. The van der Waals surface area contributed by atoms with Gasteiger partial charge in [-0.25, -0.2) is 0 Å². The summed E-state index contributed by atoms with van der Waals surface area (Å²) in [4.78, 5) is 0. The molecule has 1 heterocycles. The number of aromatic nitrogens is 1. The van der Waals surface area contributed by atoms with Crippen molar-refractivity contribution in [2.75, 3.05) is 0 Å². The number of para-hydroxylation sites is 1. The molecule has 1 nitrogen and oxygen atoms in total. The number of rotatable bonds is 5. The normalized spacial score (nSPS) is 11.5. The Kier molecular flexibility index (Phi) is 4.86. The number of aryl methyl sites for hydroxylation is 2. The number of unbranched alkanes of at least 4 members (excludes halogenated alkanes) is 2. The molecule has 0 atom stereocenters. The minimum absolute atomic E-state index is 1.03. The van der Waals surface area contributed by atoms with Crippen LogP contribution in [0.5, 0.6) is 0 Å². The van der Waals surface area contributed by atoms with Gasteiger partial charge in [-0.2, -0.15) is 0 Å². The van der Waals surface area contributed by atoms with E-state index in [2.05, 4.69) is 89.1 Å². The Balaban J connectivity index is 1.92. The van der Waals surface area contributed by atoms with Crippen LogP contribution in [0.25, 0.3) is 32.9 Å². The van der Waals surface area contributed by atoms with Crippen molar-refractivity contribution in [3.8, 4) is 11.3 Å². The topological polar surface area (TPSA) is 4.93 Å². The van der Waals surface area contributed by atoms with Crippen molar-refractivity contribution in [2.45, 2.75) is 32.6 Å². The average molecular weight is 405 g/mol. The Hall–Kier alpha value is -2.06. The van der Waals surface area contributed by atoms with Crippen LogP contribution in [0.1, 0.15) is 31.7 Å². The molecule has 0 fully saturated rings. The highest BCUT2D eigenvalue weighted by atomic mass is 79.9. The van der Waals surface area contributed by atoms with E-state index in [0.717, 1.165) is 10.9 Å². The fourth-order valence-corrected chi connectivity index (χ4v) is 4.47. The molecule has 3 aromatic carbocycles. The van der Waals surface area contributed by atoms with Gasteiger partial charge in [-0.05, 0) is 68.9 Å². The Bertz CT molecular complexity index is 1070. The Morgan fingerprint density at radius 1 is 1.00 bits per heavy atom. The average Bonchev–Trinajstić information content (AvgIpc) is 2.94. The fraction of sp³-hybridized carbons (Fsp3) is 0.250. The molecule has 1 radical (unpaired) electrons. The summed E-state index contributed by atoms with van der Waals surface area (Å²) < 4.78 is 3.39. The molecule has 0 unspecified atom stereocenters. The highest BCUT2D eigenvalue weighted by Crippen LogP contribution is 2.36. The molecule has 4 rings (SSSR count). The molecule has 1 aromatic heterocycles. The van der Waals surface area contributed by atoms with Crippen molar-refractivity contribution < 1.29 is 0 Å². The van der Waals surface area contributed by atoms with Gasteiger partial charge >= 0.3 is 0 Å². The minimum Gasteiger partial charge on any atom is -0.343 e. The molecule has 0 bridgehead atoms. The number of halogens is 1. The molecule has 0 amide bonds. The summed E-state index contributed by atoms with van der Waals surface area (Å²) in [5, 5.41) is 3.85. The van der Waals surface area contributed by atoms with E-state index in [-0.39, 0.29) is 0 Å². The van der Waals surface area contributed by atoms with Gasteiger partial charge in [-0.3, -0.25) is 0 Å². The highest BCUT2D eigenvalue weighted by molar-refractivity contribution is 9.10. The van der Waals surface area contributed by atoms with Gasteiger partial charge in [0.15, 0.2) is 0 Å². The van der Waals surface area contributed by atoms with Crippen molar-refractivity contribution in [3.63, 3.8) is 0 Å².